The summed E-state index contributed by atoms with van der Waals surface area (Å²) in [7, 11) is 0. The fourth-order valence-corrected chi connectivity index (χ4v) is 8.81. The molecule has 2 atom stereocenters. The first kappa shape index (κ1) is 39.6. The molecule has 0 spiro atoms. The number of nitrogens with one attached hydrogen (secondary N) is 3. The molecule has 286 valence electrons. The van der Waals surface area contributed by atoms with Gasteiger partial charge < -0.3 is 25.8 Å². The molecule has 0 fully saturated rings. The summed E-state index contributed by atoms with van der Waals surface area (Å²) in [5.41, 5.74) is 7.02. The number of benzene rings is 5. The van der Waals surface area contributed by atoms with Crippen LogP contribution < -0.4 is 16.0 Å². The lowest BCUT2D eigenvalue weighted by atomic mass is 9.84. The van der Waals surface area contributed by atoms with E-state index in [1.54, 1.807) is 26.8 Å². The van der Waals surface area contributed by atoms with E-state index >= 15 is 0 Å². The van der Waals surface area contributed by atoms with E-state index in [1.807, 2.05) is 140 Å². The first-order valence-electron chi connectivity index (χ1n) is 18.6. The van der Waals surface area contributed by atoms with E-state index < -0.39 is 53.2 Å². The number of fused-ring (bicyclic) bond motifs is 3. The van der Waals surface area contributed by atoms with Crippen LogP contribution in [0.3, 0.4) is 0 Å². The maximum atomic E-state index is 14.1. The van der Waals surface area contributed by atoms with Crippen molar-refractivity contribution in [3.63, 3.8) is 0 Å². The second-order valence-corrected chi connectivity index (χ2v) is 15.1. The van der Waals surface area contributed by atoms with Crippen LogP contribution in [0, 0.1) is 5.92 Å². The third kappa shape index (κ3) is 8.56. The predicted molar refractivity (Wildman–Crippen MR) is 220 cm³/mol. The number of carbonyl (C=O) groups excluding carboxylic acids is 3. The van der Waals surface area contributed by atoms with Crippen LogP contribution in [-0.2, 0) is 23.9 Å². The molecule has 1 aliphatic carbocycles. The zero-order valence-electron chi connectivity index (χ0n) is 31.5. The van der Waals surface area contributed by atoms with E-state index in [0.29, 0.717) is 5.76 Å². The van der Waals surface area contributed by atoms with Gasteiger partial charge in [-0.05, 0) is 57.9 Å². The number of alkyl carbamates (subject to hydrolysis) is 1. The van der Waals surface area contributed by atoms with Crippen molar-refractivity contribution in [3.8, 4) is 11.1 Å². The first-order valence-corrected chi connectivity index (χ1v) is 19.6. The molecule has 1 aliphatic rings. The number of ether oxygens (including phenoxy) is 1. The standard InChI is InChI=1S/C46H45N3O6S/c1-4-39(41-36-26-16-14-24-34(36)35-25-15-17-27-37(35)41)55-45(54)49-42(30(2)3)44(53)48-38(43(52)47-28-40(50)51)29-56-46(31-18-8-5-9-19-31,32-20-10-6-11-21-32)33-22-12-7-13-23-33/h4-27,30,38,41-42H,28-29H2,1-3H3,(H,47,52)(H,48,53)(H,49,54)(H,50,51). The number of carbonyl (C=O) groups is 4. The molecule has 3 amide bonds. The van der Waals surface area contributed by atoms with Gasteiger partial charge in [-0.2, -0.15) is 0 Å². The Bertz CT molecular complexity index is 2050. The number of allylic oxidation sites excluding steroid dienone is 2. The molecule has 10 heteroatoms. The van der Waals surface area contributed by atoms with Gasteiger partial charge in [0.25, 0.3) is 0 Å². The van der Waals surface area contributed by atoms with Crippen LogP contribution in [0.15, 0.2) is 151 Å². The van der Waals surface area contributed by atoms with Crippen LogP contribution in [0.1, 0.15) is 54.5 Å². The fraction of sp³-hybridized carbons (Fsp3) is 0.217. The molecule has 0 bridgehead atoms. The van der Waals surface area contributed by atoms with Gasteiger partial charge in [0.05, 0.1) is 10.7 Å². The van der Waals surface area contributed by atoms with Gasteiger partial charge in [-0.3, -0.25) is 14.4 Å². The SMILES string of the molecule is CC=C(OC(=O)NC(C(=O)NC(CSC(c1ccccc1)(c1ccccc1)c1ccccc1)C(=O)NCC(=O)O)C(C)C)C1c2ccccc2-c2ccccc21. The Morgan fingerprint density at radius 1 is 0.696 bits per heavy atom. The lowest BCUT2D eigenvalue weighted by Gasteiger charge is -2.36. The fourth-order valence-electron chi connectivity index (χ4n) is 7.25. The van der Waals surface area contributed by atoms with Crippen molar-refractivity contribution in [3.05, 3.63) is 179 Å². The molecule has 0 saturated carbocycles. The number of rotatable bonds is 15. The zero-order valence-corrected chi connectivity index (χ0v) is 32.3. The summed E-state index contributed by atoms with van der Waals surface area (Å²) in [4.78, 5) is 53.0. The third-order valence-electron chi connectivity index (χ3n) is 9.89. The van der Waals surface area contributed by atoms with Gasteiger partial charge in [0.15, 0.2) is 0 Å². The van der Waals surface area contributed by atoms with Crippen molar-refractivity contribution in [2.45, 2.75) is 43.5 Å². The summed E-state index contributed by atoms with van der Waals surface area (Å²) in [6.45, 7) is 4.74. The average molecular weight is 768 g/mol. The van der Waals surface area contributed by atoms with E-state index in [9.17, 15) is 24.3 Å². The number of carboxylic acids is 1. The van der Waals surface area contributed by atoms with E-state index in [4.69, 9.17) is 4.74 Å². The number of thioether (sulfide) groups is 1. The van der Waals surface area contributed by atoms with Crippen molar-refractivity contribution in [2.24, 2.45) is 5.92 Å². The van der Waals surface area contributed by atoms with Gasteiger partial charge >= 0.3 is 12.1 Å². The molecule has 56 heavy (non-hydrogen) atoms. The molecule has 5 aromatic carbocycles. The van der Waals surface area contributed by atoms with Gasteiger partial charge in [-0.25, -0.2) is 4.79 Å². The predicted octanol–water partition coefficient (Wildman–Crippen LogP) is 7.86. The number of hydrogen-bond acceptors (Lipinski definition) is 6. The highest BCUT2D eigenvalue weighted by molar-refractivity contribution is 8.00. The Hall–Kier alpha value is -6.13. The summed E-state index contributed by atoms with van der Waals surface area (Å²) in [5, 5.41) is 17.4. The lowest BCUT2D eigenvalue weighted by Crippen LogP contribution is -2.56. The lowest BCUT2D eigenvalue weighted by molar-refractivity contribution is -0.138. The molecule has 2 unspecified atom stereocenters. The van der Waals surface area contributed by atoms with Crippen LogP contribution in [0.2, 0.25) is 0 Å². The molecule has 0 aromatic heterocycles. The maximum Gasteiger partial charge on any atom is 0.412 e. The van der Waals surface area contributed by atoms with Gasteiger partial charge in [-0.15, -0.1) is 11.8 Å². The highest BCUT2D eigenvalue weighted by Crippen LogP contribution is 2.49. The molecule has 0 saturated heterocycles. The largest absolute Gasteiger partial charge is 0.480 e. The minimum Gasteiger partial charge on any atom is -0.480 e. The first-order chi connectivity index (χ1) is 27.1. The van der Waals surface area contributed by atoms with Gasteiger partial charge in [0, 0.05) is 5.75 Å². The van der Waals surface area contributed by atoms with E-state index in [2.05, 4.69) is 16.0 Å². The summed E-state index contributed by atoms with van der Waals surface area (Å²) < 4.78 is 5.15. The van der Waals surface area contributed by atoms with Crippen molar-refractivity contribution in [1.82, 2.24) is 16.0 Å². The highest BCUT2D eigenvalue weighted by Gasteiger charge is 2.40. The van der Waals surface area contributed by atoms with Gasteiger partial charge in [-0.1, -0.05) is 153 Å². The van der Waals surface area contributed by atoms with Crippen LogP contribution in [0.4, 0.5) is 4.79 Å². The molecule has 0 heterocycles. The van der Waals surface area contributed by atoms with E-state index in [-0.39, 0.29) is 11.7 Å². The average Bonchev–Trinajstić information content (AvgIpc) is 3.56. The minimum atomic E-state index is -1.22. The number of hydrogen-bond donors (Lipinski definition) is 4. The molecular weight excluding hydrogens is 723 g/mol. The molecule has 6 rings (SSSR count). The van der Waals surface area contributed by atoms with E-state index in [0.717, 1.165) is 38.9 Å². The third-order valence-corrected chi connectivity index (χ3v) is 11.5. The Morgan fingerprint density at radius 2 is 1.16 bits per heavy atom. The summed E-state index contributed by atoms with van der Waals surface area (Å²) >= 11 is 1.45. The Balaban J connectivity index is 1.26. The van der Waals surface area contributed by atoms with Crippen LogP contribution in [-0.4, -0.2) is 53.4 Å². The van der Waals surface area contributed by atoms with Crippen molar-refractivity contribution >= 4 is 35.6 Å². The zero-order chi connectivity index (χ0) is 39.7. The van der Waals surface area contributed by atoms with Crippen molar-refractivity contribution in [1.29, 1.82) is 0 Å². The smallest absolute Gasteiger partial charge is 0.412 e. The molecule has 5 aromatic rings. The second kappa shape index (κ2) is 18.0. The molecule has 0 radical (unpaired) electrons. The van der Waals surface area contributed by atoms with Crippen LogP contribution in [0.5, 0.6) is 0 Å². The van der Waals surface area contributed by atoms with Crippen molar-refractivity contribution < 1.29 is 29.0 Å². The highest BCUT2D eigenvalue weighted by atomic mass is 32.2. The molecule has 0 aliphatic heterocycles. The monoisotopic (exact) mass is 767 g/mol. The normalized spacial score (nSPS) is 13.5. The summed E-state index contributed by atoms with van der Waals surface area (Å²) in [6.07, 6.45) is 0.942. The Kier molecular flexibility index (Phi) is 12.7. The van der Waals surface area contributed by atoms with E-state index in [1.165, 1.54) is 11.8 Å². The van der Waals surface area contributed by atoms with Crippen LogP contribution >= 0.6 is 11.8 Å². The number of aliphatic carboxylic acids is 1. The quantitative estimate of drug-likeness (QED) is 0.0630. The summed E-state index contributed by atoms with van der Waals surface area (Å²) in [6, 6.07) is 43.4. The van der Waals surface area contributed by atoms with Gasteiger partial charge in [0.1, 0.15) is 24.4 Å². The van der Waals surface area contributed by atoms with Crippen molar-refractivity contribution in [2.75, 3.05) is 12.3 Å². The van der Waals surface area contributed by atoms with Gasteiger partial charge in [0.2, 0.25) is 11.8 Å². The molecule has 9 nitrogen and oxygen atoms in total. The molecular formula is C46H45N3O6S. The second-order valence-electron chi connectivity index (χ2n) is 13.8. The minimum absolute atomic E-state index is 0.0500. The Morgan fingerprint density at radius 3 is 1.61 bits per heavy atom. The number of carboxylic acid groups (broad SMARTS) is 1. The Labute approximate surface area is 331 Å². The maximum absolute atomic E-state index is 14.1. The summed E-state index contributed by atoms with van der Waals surface area (Å²) in [5.74, 6) is -2.76. The topological polar surface area (TPSA) is 134 Å². The number of amides is 3. The van der Waals surface area contributed by atoms with Crippen LogP contribution in [0.25, 0.3) is 11.1 Å². The molecule has 4 N–H and O–H groups in total.